The SMILES string of the molecule is CC(C)(C)OC(=O)C=Cc1cccc(C=O)c1. The van der Waals surface area contributed by atoms with Crippen molar-refractivity contribution in [2.24, 2.45) is 0 Å². The van der Waals surface area contributed by atoms with E-state index in [1.54, 1.807) is 24.3 Å². The lowest BCUT2D eigenvalue weighted by Crippen LogP contribution is -2.22. The average Bonchev–Trinajstić information content (AvgIpc) is 2.24. The topological polar surface area (TPSA) is 43.4 Å². The number of hydrogen-bond donors (Lipinski definition) is 0. The maximum absolute atomic E-state index is 11.4. The number of rotatable bonds is 3. The van der Waals surface area contributed by atoms with Crippen LogP contribution >= 0.6 is 0 Å². The predicted molar refractivity (Wildman–Crippen MR) is 66.7 cm³/mol. The van der Waals surface area contributed by atoms with Crippen molar-refractivity contribution in [1.82, 2.24) is 0 Å². The molecule has 0 heterocycles. The zero-order chi connectivity index (χ0) is 12.9. The highest BCUT2D eigenvalue weighted by atomic mass is 16.6. The van der Waals surface area contributed by atoms with E-state index in [4.69, 9.17) is 4.74 Å². The molecule has 0 spiro atoms. The van der Waals surface area contributed by atoms with E-state index in [2.05, 4.69) is 0 Å². The molecule has 1 rings (SSSR count). The van der Waals surface area contributed by atoms with Gasteiger partial charge in [0, 0.05) is 11.6 Å². The van der Waals surface area contributed by atoms with Crippen LogP contribution in [0.15, 0.2) is 30.3 Å². The van der Waals surface area contributed by atoms with Gasteiger partial charge in [0.25, 0.3) is 0 Å². The Labute approximate surface area is 101 Å². The minimum atomic E-state index is -0.494. The highest BCUT2D eigenvalue weighted by Gasteiger charge is 2.13. The van der Waals surface area contributed by atoms with Crippen LogP contribution < -0.4 is 0 Å². The second-order valence-corrected chi connectivity index (χ2v) is 4.65. The lowest BCUT2D eigenvalue weighted by molar-refractivity contribution is -0.148. The minimum absolute atomic E-state index is 0.394. The summed E-state index contributed by atoms with van der Waals surface area (Å²) in [5.74, 6) is -0.394. The molecule has 0 bridgehead atoms. The zero-order valence-corrected chi connectivity index (χ0v) is 10.3. The Hall–Kier alpha value is -1.90. The first-order valence-electron chi connectivity index (χ1n) is 5.37. The number of aldehydes is 1. The van der Waals surface area contributed by atoms with Crippen molar-refractivity contribution in [2.75, 3.05) is 0 Å². The number of benzene rings is 1. The van der Waals surface area contributed by atoms with Gasteiger partial charge in [0.05, 0.1) is 0 Å². The molecule has 3 heteroatoms. The first kappa shape index (κ1) is 13.2. The molecule has 0 amide bonds. The lowest BCUT2D eigenvalue weighted by atomic mass is 10.1. The fourth-order valence-corrected chi connectivity index (χ4v) is 1.24. The summed E-state index contributed by atoms with van der Waals surface area (Å²) >= 11 is 0. The van der Waals surface area contributed by atoms with Crippen LogP contribution in [0.2, 0.25) is 0 Å². The Morgan fingerprint density at radius 3 is 2.47 bits per heavy atom. The molecule has 0 N–H and O–H groups in total. The molecule has 17 heavy (non-hydrogen) atoms. The maximum Gasteiger partial charge on any atom is 0.331 e. The summed E-state index contributed by atoms with van der Waals surface area (Å²) in [6, 6.07) is 6.98. The summed E-state index contributed by atoms with van der Waals surface area (Å²) in [7, 11) is 0. The van der Waals surface area contributed by atoms with Crippen molar-refractivity contribution >= 4 is 18.3 Å². The third-order valence-corrected chi connectivity index (χ3v) is 1.87. The Morgan fingerprint density at radius 2 is 1.88 bits per heavy atom. The van der Waals surface area contributed by atoms with Crippen LogP contribution in [-0.2, 0) is 9.53 Å². The smallest absolute Gasteiger partial charge is 0.331 e. The van der Waals surface area contributed by atoms with Gasteiger partial charge in [-0.2, -0.15) is 0 Å². The molecule has 0 aliphatic carbocycles. The summed E-state index contributed by atoms with van der Waals surface area (Å²) in [5.41, 5.74) is 0.878. The fraction of sp³-hybridized carbons (Fsp3) is 0.286. The summed E-state index contributed by atoms with van der Waals surface area (Å²) in [6.07, 6.45) is 3.75. The van der Waals surface area contributed by atoms with Gasteiger partial charge in [-0.1, -0.05) is 18.2 Å². The quantitative estimate of drug-likeness (QED) is 0.457. The number of carbonyl (C=O) groups excluding carboxylic acids is 2. The minimum Gasteiger partial charge on any atom is -0.457 e. The predicted octanol–water partition coefficient (Wildman–Crippen LogP) is 2.85. The third kappa shape index (κ3) is 5.11. The van der Waals surface area contributed by atoms with Gasteiger partial charge in [-0.05, 0) is 38.5 Å². The molecule has 0 fully saturated rings. The monoisotopic (exact) mass is 232 g/mol. The molecule has 90 valence electrons. The normalized spacial score (nSPS) is 11.5. The second kappa shape index (κ2) is 5.43. The van der Waals surface area contributed by atoms with Gasteiger partial charge in [-0.3, -0.25) is 4.79 Å². The fourth-order valence-electron chi connectivity index (χ4n) is 1.24. The Balaban J connectivity index is 2.70. The standard InChI is InChI=1S/C14H16O3/c1-14(2,3)17-13(16)8-7-11-5-4-6-12(9-11)10-15/h4-10H,1-3H3. The summed E-state index contributed by atoms with van der Waals surface area (Å²) < 4.78 is 5.12. The highest BCUT2D eigenvalue weighted by molar-refractivity contribution is 5.87. The molecule has 0 aromatic heterocycles. The van der Waals surface area contributed by atoms with Crippen molar-refractivity contribution in [1.29, 1.82) is 0 Å². The van der Waals surface area contributed by atoms with E-state index in [9.17, 15) is 9.59 Å². The van der Waals surface area contributed by atoms with Gasteiger partial charge >= 0.3 is 5.97 Å². The van der Waals surface area contributed by atoms with Crippen LogP contribution in [0.5, 0.6) is 0 Å². The van der Waals surface area contributed by atoms with Gasteiger partial charge < -0.3 is 4.74 Å². The van der Waals surface area contributed by atoms with E-state index < -0.39 is 11.6 Å². The van der Waals surface area contributed by atoms with Gasteiger partial charge in [-0.25, -0.2) is 4.79 Å². The number of esters is 1. The highest BCUT2D eigenvalue weighted by Crippen LogP contribution is 2.09. The molecule has 3 nitrogen and oxygen atoms in total. The first-order valence-corrected chi connectivity index (χ1v) is 5.37. The molecule has 0 atom stereocenters. The zero-order valence-electron chi connectivity index (χ0n) is 10.3. The first-order chi connectivity index (χ1) is 7.90. The molecule has 1 aromatic rings. The van der Waals surface area contributed by atoms with E-state index >= 15 is 0 Å². The van der Waals surface area contributed by atoms with Gasteiger partial charge in [-0.15, -0.1) is 0 Å². The van der Waals surface area contributed by atoms with Crippen LogP contribution in [0.3, 0.4) is 0 Å². The molecule has 0 radical (unpaired) electrons. The largest absolute Gasteiger partial charge is 0.457 e. The van der Waals surface area contributed by atoms with Crippen LogP contribution in [-0.4, -0.2) is 17.9 Å². The maximum atomic E-state index is 11.4. The third-order valence-electron chi connectivity index (χ3n) is 1.87. The van der Waals surface area contributed by atoms with E-state index in [0.29, 0.717) is 5.56 Å². The Kier molecular flexibility index (Phi) is 4.21. The van der Waals surface area contributed by atoms with Crippen molar-refractivity contribution in [3.8, 4) is 0 Å². The molecule has 0 saturated carbocycles. The van der Waals surface area contributed by atoms with Crippen LogP contribution in [0.1, 0.15) is 36.7 Å². The summed E-state index contributed by atoms with van der Waals surface area (Å²) in [5, 5.41) is 0. The number of ether oxygens (including phenoxy) is 1. The molecule has 0 saturated heterocycles. The van der Waals surface area contributed by atoms with Gasteiger partial charge in [0.1, 0.15) is 11.9 Å². The van der Waals surface area contributed by atoms with Gasteiger partial charge in [0.15, 0.2) is 0 Å². The Morgan fingerprint density at radius 1 is 1.24 bits per heavy atom. The van der Waals surface area contributed by atoms with E-state index in [-0.39, 0.29) is 0 Å². The summed E-state index contributed by atoms with van der Waals surface area (Å²) in [6.45, 7) is 5.43. The second-order valence-electron chi connectivity index (χ2n) is 4.65. The van der Waals surface area contributed by atoms with Crippen molar-refractivity contribution < 1.29 is 14.3 Å². The Bertz CT molecular complexity index is 439. The van der Waals surface area contributed by atoms with Crippen molar-refractivity contribution in [2.45, 2.75) is 26.4 Å². The number of hydrogen-bond acceptors (Lipinski definition) is 3. The van der Waals surface area contributed by atoms with Crippen LogP contribution in [0, 0.1) is 0 Å². The average molecular weight is 232 g/mol. The molecule has 0 unspecified atom stereocenters. The molecule has 0 aliphatic rings. The van der Waals surface area contributed by atoms with Crippen LogP contribution in [0.4, 0.5) is 0 Å². The van der Waals surface area contributed by atoms with E-state index in [0.717, 1.165) is 11.8 Å². The van der Waals surface area contributed by atoms with Gasteiger partial charge in [0.2, 0.25) is 0 Å². The van der Waals surface area contributed by atoms with E-state index in [1.165, 1.54) is 6.08 Å². The van der Waals surface area contributed by atoms with Crippen molar-refractivity contribution in [3.63, 3.8) is 0 Å². The molecule has 1 aromatic carbocycles. The number of carbonyl (C=O) groups is 2. The molecule has 0 aliphatic heterocycles. The van der Waals surface area contributed by atoms with Crippen LogP contribution in [0.25, 0.3) is 6.08 Å². The van der Waals surface area contributed by atoms with E-state index in [1.807, 2.05) is 26.8 Å². The molecular weight excluding hydrogens is 216 g/mol. The lowest BCUT2D eigenvalue weighted by Gasteiger charge is -2.17. The van der Waals surface area contributed by atoms with Crippen molar-refractivity contribution in [3.05, 3.63) is 41.5 Å². The molecular formula is C14H16O3. The summed E-state index contributed by atoms with van der Waals surface area (Å²) in [4.78, 5) is 22.0.